The second kappa shape index (κ2) is 7.19. The molecule has 0 atom stereocenters. The minimum atomic E-state index is -3.66. The number of rotatable bonds is 6. The molecular weight excluding hydrogens is 328 g/mol. The van der Waals surface area contributed by atoms with E-state index >= 15 is 0 Å². The fourth-order valence-corrected chi connectivity index (χ4v) is 2.86. The van der Waals surface area contributed by atoms with Crippen LogP contribution in [0.15, 0.2) is 47.8 Å². The van der Waals surface area contributed by atoms with Crippen molar-refractivity contribution in [1.82, 2.24) is 15.2 Å². The molecule has 0 saturated carbocycles. The molecule has 0 saturated heterocycles. The lowest BCUT2D eigenvalue weighted by Crippen LogP contribution is -2.28. The van der Waals surface area contributed by atoms with Crippen LogP contribution in [0.25, 0.3) is 0 Å². The maximum Gasteiger partial charge on any atom is 0.255 e. The van der Waals surface area contributed by atoms with Gasteiger partial charge in [0.15, 0.2) is 9.84 Å². The van der Waals surface area contributed by atoms with E-state index in [1.165, 1.54) is 18.6 Å². The molecule has 0 fully saturated rings. The maximum absolute atomic E-state index is 11.8. The van der Waals surface area contributed by atoms with Crippen molar-refractivity contribution in [2.24, 2.45) is 5.10 Å². The SMILES string of the molecule is O=C(CS(=O)(=O)Cn1cc(Cl)cn1)N/N=C/c1ccccc1. The molecule has 2 aromatic rings. The Hall–Kier alpha value is -2.19. The molecule has 1 heterocycles. The Bertz CT molecular complexity index is 772. The van der Waals surface area contributed by atoms with Crippen molar-refractivity contribution in [3.05, 3.63) is 53.3 Å². The Labute approximate surface area is 132 Å². The monoisotopic (exact) mass is 340 g/mol. The van der Waals surface area contributed by atoms with Gasteiger partial charge in [0, 0.05) is 6.20 Å². The summed E-state index contributed by atoms with van der Waals surface area (Å²) in [4.78, 5) is 11.6. The molecule has 7 nitrogen and oxygen atoms in total. The van der Waals surface area contributed by atoms with Crippen LogP contribution in [0.1, 0.15) is 5.56 Å². The fraction of sp³-hybridized carbons (Fsp3) is 0.154. The van der Waals surface area contributed by atoms with Gasteiger partial charge in [-0.1, -0.05) is 41.9 Å². The van der Waals surface area contributed by atoms with E-state index in [-0.39, 0.29) is 0 Å². The van der Waals surface area contributed by atoms with E-state index in [0.717, 1.165) is 10.2 Å². The van der Waals surface area contributed by atoms with Gasteiger partial charge in [0.1, 0.15) is 11.6 Å². The quantitative estimate of drug-likeness (QED) is 0.628. The lowest BCUT2D eigenvalue weighted by molar-refractivity contribution is -0.118. The number of amides is 1. The zero-order valence-electron chi connectivity index (χ0n) is 11.4. The van der Waals surface area contributed by atoms with Crippen LogP contribution >= 0.6 is 11.6 Å². The molecule has 22 heavy (non-hydrogen) atoms. The predicted molar refractivity (Wildman–Crippen MR) is 83.2 cm³/mol. The van der Waals surface area contributed by atoms with Gasteiger partial charge < -0.3 is 0 Å². The number of sulfone groups is 1. The van der Waals surface area contributed by atoms with Gasteiger partial charge in [-0.05, 0) is 5.56 Å². The zero-order chi connectivity index (χ0) is 16.0. The topological polar surface area (TPSA) is 93.4 Å². The average molecular weight is 341 g/mol. The summed E-state index contributed by atoms with van der Waals surface area (Å²) >= 11 is 5.65. The van der Waals surface area contributed by atoms with Gasteiger partial charge in [-0.25, -0.2) is 13.8 Å². The molecule has 9 heteroatoms. The lowest BCUT2D eigenvalue weighted by Gasteiger charge is -2.03. The number of halogens is 1. The molecule has 0 bridgehead atoms. The van der Waals surface area contributed by atoms with E-state index in [0.29, 0.717) is 5.02 Å². The molecule has 0 spiro atoms. The molecule has 2 rings (SSSR count). The summed E-state index contributed by atoms with van der Waals surface area (Å²) in [6.45, 7) is 0. The van der Waals surface area contributed by atoms with Gasteiger partial charge in [-0.3, -0.25) is 9.48 Å². The van der Waals surface area contributed by atoms with Crippen LogP contribution in [0, 0.1) is 0 Å². The molecule has 0 aliphatic rings. The summed E-state index contributed by atoms with van der Waals surface area (Å²) in [5.74, 6) is -1.82. The van der Waals surface area contributed by atoms with E-state index in [1.54, 1.807) is 12.1 Å². The summed E-state index contributed by atoms with van der Waals surface area (Å²) in [6.07, 6.45) is 4.11. The van der Waals surface area contributed by atoms with E-state index in [2.05, 4.69) is 15.6 Å². The Morgan fingerprint density at radius 3 is 2.73 bits per heavy atom. The van der Waals surface area contributed by atoms with Crippen molar-refractivity contribution in [3.8, 4) is 0 Å². The Balaban J connectivity index is 1.87. The first-order valence-corrected chi connectivity index (χ1v) is 8.40. The Kier molecular flexibility index (Phi) is 5.29. The van der Waals surface area contributed by atoms with Gasteiger partial charge in [-0.2, -0.15) is 10.2 Å². The van der Waals surface area contributed by atoms with Crippen LogP contribution < -0.4 is 5.43 Å². The van der Waals surface area contributed by atoms with E-state index in [1.807, 2.05) is 18.2 Å². The third-order valence-electron chi connectivity index (χ3n) is 2.48. The molecule has 1 aromatic carbocycles. The van der Waals surface area contributed by atoms with Crippen molar-refractivity contribution in [2.45, 2.75) is 5.88 Å². The summed E-state index contributed by atoms with van der Waals surface area (Å²) in [5.41, 5.74) is 2.96. The molecule has 116 valence electrons. The number of benzene rings is 1. The highest BCUT2D eigenvalue weighted by Gasteiger charge is 2.17. The Morgan fingerprint density at radius 2 is 2.09 bits per heavy atom. The zero-order valence-corrected chi connectivity index (χ0v) is 13.0. The largest absolute Gasteiger partial charge is 0.272 e. The minimum absolute atomic E-state index is 0.326. The van der Waals surface area contributed by atoms with Crippen LogP contribution in [-0.2, 0) is 20.5 Å². The van der Waals surface area contributed by atoms with Crippen molar-refractivity contribution in [1.29, 1.82) is 0 Å². The van der Waals surface area contributed by atoms with Crippen molar-refractivity contribution < 1.29 is 13.2 Å². The van der Waals surface area contributed by atoms with Crippen molar-refractivity contribution >= 4 is 33.6 Å². The van der Waals surface area contributed by atoms with Crippen LogP contribution in [0.3, 0.4) is 0 Å². The van der Waals surface area contributed by atoms with E-state index in [4.69, 9.17) is 11.6 Å². The number of hydrogen-bond acceptors (Lipinski definition) is 5. The summed E-state index contributed by atoms with van der Waals surface area (Å²) < 4.78 is 24.8. The van der Waals surface area contributed by atoms with Crippen LogP contribution in [-0.4, -0.2) is 36.1 Å². The van der Waals surface area contributed by atoms with Crippen LogP contribution in [0.2, 0.25) is 5.02 Å². The number of nitrogens with zero attached hydrogens (tertiary/aromatic N) is 3. The van der Waals surface area contributed by atoms with Gasteiger partial charge >= 0.3 is 0 Å². The van der Waals surface area contributed by atoms with Gasteiger partial charge in [0.2, 0.25) is 0 Å². The number of aromatic nitrogens is 2. The number of hydrazone groups is 1. The normalized spacial score (nSPS) is 11.7. The van der Waals surface area contributed by atoms with Gasteiger partial charge in [0.05, 0.1) is 17.4 Å². The first-order valence-electron chi connectivity index (χ1n) is 6.20. The molecule has 0 unspecified atom stereocenters. The van der Waals surface area contributed by atoms with Gasteiger partial charge in [-0.15, -0.1) is 0 Å². The predicted octanol–water partition coefficient (Wildman–Crippen LogP) is 1.06. The fourth-order valence-electron chi connectivity index (χ4n) is 1.61. The summed E-state index contributed by atoms with van der Waals surface area (Å²) in [5, 5.41) is 7.78. The molecule has 0 radical (unpaired) electrons. The first-order chi connectivity index (χ1) is 10.4. The van der Waals surface area contributed by atoms with Crippen LogP contribution in [0.5, 0.6) is 0 Å². The Morgan fingerprint density at radius 1 is 1.36 bits per heavy atom. The lowest BCUT2D eigenvalue weighted by atomic mass is 10.2. The molecule has 1 aromatic heterocycles. The number of carbonyl (C=O) groups is 1. The molecule has 0 aliphatic heterocycles. The number of hydrogen-bond donors (Lipinski definition) is 1. The molecule has 1 N–H and O–H groups in total. The molecule has 1 amide bonds. The number of nitrogens with one attached hydrogen (secondary N) is 1. The second-order valence-corrected chi connectivity index (χ2v) is 6.89. The third kappa shape index (κ3) is 5.30. The molecular formula is C13H13ClN4O3S. The highest BCUT2D eigenvalue weighted by Crippen LogP contribution is 2.06. The smallest absolute Gasteiger partial charge is 0.255 e. The van der Waals surface area contributed by atoms with Gasteiger partial charge in [0.25, 0.3) is 5.91 Å². The van der Waals surface area contributed by atoms with Crippen LogP contribution in [0.4, 0.5) is 0 Å². The third-order valence-corrected chi connectivity index (χ3v) is 4.04. The highest BCUT2D eigenvalue weighted by molar-refractivity contribution is 7.91. The minimum Gasteiger partial charge on any atom is -0.272 e. The van der Waals surface area contributed by atoms with E-state index < -0.39 is 27.4 Å². The maximum atomic E-state index is 11.8. The highest BCUT2D eigenvalue weighted by atomic mass is 35.5. The number of carbonyl (C=O) groups excluding carboxylic acids is 1. The average Bonchev–Trinajstić information content (AvgIpc) is 2.83. The second-order valence-electron chi connectivity index (χ2n) is 4.42. The first kappa shape index (κ1) is 16.2. The standard InChI is InChI=1S/C13H13ClN4O3S/c14-12-7-16-18(8-12)10-22(20,21)9-13(19)17-15-6-11-4-2-1-3-5-11/h1-8H,9-10H2,(H,17,19)/b15-6+. The summed E-state index contributed by atoms with van der Waals surface area (Å²) in [7, 11) is -3.66. The van der Waals surface area contributed by atoms with Crippen molar-refractivity contribution in [3.63, 3.8) is 0 Å². The molecule has 0 aliphatic carbocycles. The van der Waals surface area contributed by atoms with E-state index in [9.17, 15) is 13.2 Å². The summed E-state index contributed by atoms with van der Waals surface area (Å²) in [6, 6.07) is 9.09. The van der Waals surface area contributed by atoms with Crippen molar-refractivity contribution in [2.75, 3.05) is 5.75 Å².